The van der Waals surface area contributed by atoms with E-state index in [1.165, 1.54) is 42.6 Å². The van der Waals surface area contributed by atoms with Gasteiger partial charge >= 0.3 is 0 Å². The highest BCUT2D eigenvalue weighted by Gasteiger charge is 2.28. The lowest BCUT2D eigenvalue weighted by molar-refractivity contribution is 0.170. The molecule has 1 aliphatic rings. The molecule has 0 fully saturated rings. The molecule has 0 spiro atoms. The Kier molecular flexibility index (Phi) is 3.93. The maximum atomic E-state index is 14.9. The molecular weight excluding hydrogens is 394 g/mol. The minimum Gasteiger partial charge on any atom is -0.453 e. The molecule has 3 heterocycles. The molecule has 7 nitrogen and oxygen atoms in total. The van der Waals surface area contributed by atoms with Gasteiger partial charge in [0.25, 0.3) is 5.56 Å². The second-order valence-electron chi connectivity index (χ2n) is 6.41. The third-order valence-electron chi connectivity index (χ3n) is 4.70. The zero-order valence-corrected chi connectivity index (χ0v) is 15.1. The first-order chi connectivity index (χ1) is 14.6. The molecule has 0 saturated carbocycles. The first-order valence-electron chi connectivity index (χ1n) is 8.75. The number of hydrogen-bond donors (Lipinski definition) is 0. The van der Waals surface area contributed by atoms with Crippen LogP contribution in [0.25, 0.3) is 27.8 Å². The number of halogens is 2. The Morgan fingerprint density at radius 1 is 1.10 bits per heavy atom. The number of benzene rings is 2. The molecule has 1 aliphatic heterocycles. The summed E-state index contributed by atoms with van der Waals surface area (Å²) in [6.45, 7) is -0.230. The summed E-state index contributed by atoms with van der Waals surface area (Å²) in [5.74, 6) is -2.68. The van der Waals surface area contributed by atoms with Gasteiger partial charge in [-0.1, -0.05) is 0 Å². The van der Waals surface area contributed by atoms with Crippen molar-refractivity contribution in [3.8, 4) is 34.5 Å². The maximum absolute atomic E-state index is 14.9. The number of nitrogens with zero attached hydrogens (tertiary/aromatic N) is 4. The fourth-order valence-corrected chi connectivity index (χ4v) is 3.26. The molecule has 30 heavy (non-hydrogen) atoms. The van der Waals surface area contributed by atoms with Gasteiger partial charge in [-0.25, -0.2) is 4.39 Å². The van der Waals surface area contributed by atoms with Crippen LogP contribution in [0.15, 0.2) is 53.5 Å². The van der Waals surface area contributed by atoms with Crippen LogP contribution in [0.2, 0.25) is 0 Å². The van der Waals surface area contributed by atoms with Gasteiger partial charge in [0.05, 0.1) is 22.7 Å². The van der Waals surface area contributed by atoms with Crippen molar-refractivity contribution in [2.75, 3.05) is 6.79 Å². The van der Waals surface area contributed by atoms with Gasteiger partial charge in [-0.2, -0.15) is 19.4 Å². The van der Waals surface area contributed by atoms with Gasteiger partial charge in [-0.3, -0.25) is 9.78 Å². The summed E-state index contributed by atoms with van der Waals surface area (Å²) >= 11 is 0. The maximum Gasteiger partial charge on any atom is 0.280 e. The monoisotopic (exact) mass is 404 g/mol. The molecule has 5 rings (SSSR count). The van der Waals surface area contributed by atoms with Crippen molar-refractivity contribution < 1.29 is 18.3 Å². The summed E-state index contributed by atoms with van der Waals surface area (Å²) in [6.07, 6.45) is 1.43. The summed E-state index contributed by atoms with van der Waals surface area (Å²) in [6, 6.07) is 12.5. The van der Waals surface area contributed by atoms with Crippen LogP contribution < -0.4 is 15.0 Å². The molecule has 9 heteroatoms. The Balaban J connectivity index is 1.83. The van der Waals surface area contributed by atoms with E-state index in [0.29, 0.717) is 11.3 Å². The number of ether oxygens (including phenoxy) is 2. The Morgan fingerprint density at radius 2 is 1.90 bits per heavy atom. The minimum atomic E-state index is -1.21. The van der Waals surface area contributed by atoms with Crippen LogP contribution in [0.1, 0.15) is 5.56 Å². The first-order valence-corrected chi connectivity index (χ1v) is 8.75. The SMILES string of the molecule is N#Cc1ccc(-n2nc(-c3cc4c(c(F)c3F)OCO4)c3ncccc3c2=O)cc1. The van der Waals surface area contributed by atoms with Crippen molar-refractivity contribution in [3.05, 3.63) is 76.2 Å². The van der Waals surface area contributed by atoms with Crippen LogP contribution >= 0.6 is 0 Å². The molecule has 2 aromatic heterocycles. The van der Waals surface area contributed by atoms with Crippen LogP contribution in [0, 0.1) is 23.0 Å². The highest BCUT2D eigenvalue weighted by molar-refractivity contribution is 5.91. The van der Waals surface area contributed by atoms with E-state index in [0.717, 1.165) is 4.68 Å². The van der Waals surface area contributed by atoms with Crippen molar-refractivity contribution in [2.45, 2.75) is 0 Å². The van der Waals surface area contributed by atoms with Gasteiger partial charge in [-0.05, 0) is 42.5 Å². The highest BCUT2D eigenvalue weighted by Crippen LogP contribution is 2.41. The zero-order valence-electron chi connectivity index (χ0n) is 15.1. The van der Waals surface area contributed by atoms with Crippen molar-refractivity contribution in [3.63, 3.8) is 0 Å². The van der Waals surface area contributed by atoms with E-state index in [4.69, 9.17) is 14.7 Å². The summed E-state index contributed by atoms with van der Waals surface area (Å²) in [5, 5.41) is 13.4. The third-order valence-corrected chi connectivity index (χ3v) is 4.70. The Hall–Kier alpha value is -4.32. The van der Waals surface area contributed by atoms with E-state index in [9.17, 15) is 13.6 Å². The first kappa shape index (κ1) is 17.8. The smallest absolute Gasteiger partial charge is 0.280 e. The van der Waals surface area contributed by atoms with Gasteiger partial charge in [0.2, 0.25) is 18.4 Å². The summed E-state index contributed by atoms with van der Waals surface area (Å²) in [4.78, 5) is 17.2. The van der Waals surface area contributed by atoms with Gasteiger partial charge in [-0.15, -0.1) is 0 Å². The van der Waals surface area contributed by atoms with Crippen LogP contribution in [0.5, 0.6) is 11.5 Å². The predicted octanol–water partition coefficient (Wildman–Crippen LogP) is 3.33. The van der Waals surface area contributed by atoms with E-state index in [1.807, 2.05) is 6.07 Å². The summed E-state index contributed by atoms with van der Waals surface area (Å²) in [7, 11) is 0. The molecule has 2 aromatic carbocycles. The molecule has 4 aromatic rings. The van der Waals surface area contributed by atoms with Gasteiger partial charge < -0.3 is 9.47 Å². The average Bonchev–Trinajstić information content (AvgIpc) is 3.26. The Labute approximate surface area is 167 Å². The lowest BCUT2D eigenvalue weighted by Gasteiger charge is -2.12. The average molecular weight is 404 g/mol. The number of hydrogen-bond acceptors (Lipinski definition) is 6. The quantitative estimate of drug-likeness (QED) is 0.509. The van der Waals surface area contributed by atoms with E-state index >= 15 is 0 Å². The van der Waals surface area contributed by atoms with Crippen LogP contribution in [0.4, 0.5) is 8.78 Å². The van der Waals surface area contributed by atoms with Gasteiger partial charge in [0.15, 0.2) is 11.6 Å². The van der Waals surface area contributed by atoms with Crippen LogP contribution in [-0.4, -0.2) is 21.6 Å². The standard InChI is InChI=1S/C21H10F2N4O3/c22-16-14(8-15-20(17(16)23)30-10-29-15)19-18-13(2-1-7-25-18)21(28)27(26-19)12-5-3-11(9-24)4-6-12/h1-8H,10H2. The second kappa shape index (κ2) is 6.63. The van der Waals surface area contributed by atoms with E-state index in [2.05, 4.69) is 10.1 Å². The van der Waals surface area contributed by atoms with E-state index in [1.54, 1.807) is 6.07 Å². The third kappa shape index (κ3) is 2.58. The molecule has 0 N–H and O–H groups in total. The molecule has 0 bridgehead atoms. The molecule has 0 amide bonds. The Bertz CT molecular complexity index is 1430. The van der Waals surface area contributed by atoms with Crippen LogP contribution in [-0.2, 0) is 0 Å². The summed E-state index contributed by atoms with van der Waals surface area (Å²) < 4.78 is 40.6. The molecule has 0 radical (unpaired) electrons. The summed E-state index contributed by atoms with van der Waals surface area (Å²) in [5.41, 5.74) is 0.121. The highest BCUT2D eigenvalue weighted by atomic mass is 19.2. The lowest BCUT2D eigenvalue weighted by atomic mass is 10.1. The molecule has 146 valence electrons. The zero-order chi connectivity index (χ0) is 20.8. The predicted molar refractivity (Wildman–Crippen MR) is 101 cm³/mol. The minimum absolute atomic E-state index is 0.0332. The van der Waals surface area contributed by atoms with E-state index in [-0.39, 0.29) is 40.5 Å². The molecule has 0 unspecified atom stereocenters. The Morgan fingerprint density at radius 3 is 2.67 bits per heavy atom. The largest absolute Gasteiger partial charge is 0.453 e. The van der Waals surface area contributed by atoms with Crippen molar-refractivity contribution in [2.24, 2.45) is 0 Å². The lowest BCUT2D eigenvalue weighted by Crippen LogP contribution is -2.22. The molecule has 0 aliphatic carbocycles. The fraction of sp³-hybridized carbons (Fsp3) is 0.0476. The fourth-order valence-electron chi connectivity index (χ4n) is 3.26. The number of rotatable bonds is 2. The molecule has 0 atom stereocenters. The topological polar surface area (TPSA) is 90.0 Å². The second-order valence-corrected chi connectivity index (χ2v) is 6.41. The van der Waals surface area contributed by atoms with Gasteiger partial charge in [0, 0.05) is 11.8 Å². The number of aromatic nitrogens is 3. The number of pyridine rings is 1. The van der Waals surface area contributed by atoms with Crippen LogP contribution in [0.3, 0.4) is 0 Å². The van der Waals surface area contributed by atoms with Crippen molar-refractivity contribution >= 4 is 10.9 Å². The molecular formula is C21H10F2N4O3. The normalized spacial score (nSPS) is 12.2. The van der Waals surface area contributed by atoms with E-state index < -0.39 is 17.2 Å². The molecule has 0 saturated heterocycles. The van der Waals surface area contributed by atoms with Crippen molar-refractivity contribution in [1.29, 1.82) is 5.26 Å². The van der Waals surface area contributed by atoms with Crippen molar-refractivity contribution in [1.82, 2.24) is 14.8 Å². The van der Waals surface area contributed by atoms with Gasteiger partial charge in [0.1, 0.15) is 11.2 Å². The number of nitriles is 1. The number of fused-ring (bicyclic) bond motifs is 2.